The van der Waals surface area contributed by atoms with Crippen LogP contribution in [0.1, 0.15) is 48.4 Å². The van der Waals surface area contributed by atoms with Crippen LogP contribution in [0, 0.1) is 0 Å². The predicted molar refractivity (Wildman–Crippen MR) is 103 cm³/mol. The van der Waals surface area contributed by atoms with E-state index in [0.29, 0.717) is 0 Å². The second-order valence-electron chi connectivity index (χ2n) is 6.53. The summed E-state index contributed by atoms with van der Waals surface area (Å²) in [5, 5.41) is 0. The number of nitrogens with zero attached hydrogens (tertiary/aromatic N) is 1. The minimum Gasteiger partial charge on any atom is -0.367 e. The molecule has 2 rings (SSSR count). The summed E-state index contributed by atoms with van der Waals surface area (Å²) >= 11 is 0. The standard InChI is InChI=1S/C20H24NO5P/c1-15(2)21(16(3)4)27(24,25-19(22)17-11-7-5-8-12-17)26-20(23)18-13-9-6-10-14-18/h5-16H,1-4H3. The highest BCUT2D eigenvalue weighted by molar-refractivity contribution is 7.52. The fourth-order valence-corrected chi connectivity index (χ4v) is 4.73. The summed E-state index contributed by atoms with van der Waals surface area (Å²) in [6, 6.07) is 15.8. The maximum absolute atomic E-state index is 13.6. The molecule has 6 nitrogen and oxygen atoms in total. The molecule has 0 radical (unpaired) electrons. The van der Waals surface area contributed by atoms with E-state index in [1.807, 2.05) is 0 Å². The molecule has 0 fully saturated rings. The zero-order valence-electron chi connectivity index (χ0n) is 15.9. The van der Waals surface area contributed by atoms with Gasteiger partial charge in [0.15, 0.2) is 0 Å². The lowest BCUT2D eigenvalue weighted by molar-refractivity contribution is 0.0554. The lowest BCUT2D eigenvalue weighted by Crippen LogP contribution is -2.36. The molecule has 0 heterocycles. The average molecular weight is 389 g/mol. The zero-order chi connectivity index (χ0) is 20.0. The molecule has 7 heteroatoms. The van der Waals surface area contributed by atoms with Crippen LogP contribution in [0.3, 0.4) is 0 Å². The maximum Gasteiger partial charge on any atom is 0.520 e. The molecule has 0 saturated carbocycles. The quantitative estimate of drug-likeness (QED) is 0.626. The van der Waals surface area contributed by atoms with E-state index in [1.54, 1.807) is 88.4 Å². The molecule has 0 aliphatic heterocycles. The highest BCUT2D eigenvalue weighted by Gasteiger charge is 2.44. The van der Waals surface area contributed by atoms with Crippen molar-refractivity contribution in [2.45, 2.75) is 39.8 Å². The second-order valence-corrected chi connectivity index (χ2v) is 8.29. The van der Waals surface area contributed by atoms with Crippen molar-refractivity contribution in [2.24, 2.45) is 0 Å². The summed E-state index contributed by atoms with van der Waals surface area (Å²) in [5.41, 5.74) is 0.446. The highest BCUT2D eigenvalue weighted by atomic mass is 31.2. The van der Waals surface area contributed by atoms with Gasteiger partial charge in [0.1, 0.15) is 0 Å². The molecule has 0 aromatic heterocycles. The summed E-state index contributed by atoms with van der Waals surface area (Å²) < 4.78 is 25.6. The molecular formula is C20H24NO5P. The van der Waals surface area contributed by atoms with Crippen molar-refractivity contribution in [2.75, 3.05) is 0 Å². The van der Waals surface area contributed by atoms with Crippen LogP contribution in [0.25, 0.3) is 0 Å². The van der Waals surface area contributed by atoms with Gasteiger partial charge in [-0.05, 0) is 52.0 Å². The first kappa shape index (κ1) is 20.9. The van der Waals surface area contributed by atoms with Crippen molar-refractivity contribution in [3.63, 3.8) is 0 Å². The Hall–Kier alpha value is -2.43. The summed E-state index contributed by atoms with van der Waals surface area (Å²) in [4.78, 5) is 25.0. The van der Waals surface area contributed by atoms with Crippen molar-refractivity contribution < 1.29 is 23.2 Å². The topological polar surface area (TPSA) is 72.9 Å². The highest BCUT2D eigenvalue weighted by Crippen LogP contribution is 2.55. The van der Waals surface area contributed by atoms with Gasteiger partial charge in [0.05, 0.1) is 11.1 Å². The van der Waals surface area contributed by atoms with Crippen molar-refractivity contribution >= 4 is 19.7 Å². The molecule has 0 bridgehead atoms. The van der Waals surface area contributed by atoms with Crippen molar-refractivity contribution in [1.29, 1.82) is 0 Å². The Morgan fingerprint density at radius 2 is 1.07 bits per heavy atom. The van der Waals surface area contributed by atoms with Gasteiger partial charge in [0, 0.05) is 12.1 Å². The van der Waals surface area contributed by atoms with Crippen LogP contribution >= 0.6 is 7.75 Å². The minimum atomic E-state index is -4.25. The molecule has 2 aromatic rings. The Morgan fingerprint density at radius 3 is 1.37 bits per heavy atom. The van der Waals surface area contributed by atoms with E-state index < -0.39 is 19.7 Å². The van der Waals surface area contributed by atoms with Gasteiger partial charge >= 0.3 is 19.7 Å². The smallest absolute Gasteiger partial charge is 0.367 e. The molecule has 0 saturated heterocycles. The fraction of sp³-hybridized carbons (Fsp3) is 0.300. The number of rotatable bonds is 7. The Balaban J connectivity index is 2.37. The van der Waals surface area contributed by atoms with Crippen molar-refractivity contribution in [3.05, 3.63) is 71.8 Å². The third kappa shape index (κ3) is 5.28. The molecular weight excluding hydrogens is 365 g/mol. The summed E-state index contributed by atoms with van der Waals surface area (Å²) in [6.45, 7) is 7.16. The van der Waals surface area contributed by atoms with Gasteiger partial charge in [-0.15, -0.1) is 0 Å². The van der Waals surface area contributed by atoms with Gasteiger partial charge in [0.25, 0.3) is 0 Å². The molecule has 0 aliphatic rings. The largest absolute Gasteiger partial charge is 0.520 e. The van der Waals surface area contributed by atoms with E-state index in [1.165, 1.54) is 4.67 Å². The Kier molecular flexibility index (Phi) is 6.94. The first-order valence-electron chi connectivity index (χ1n) is 8.71. The molecule has 0 aliphatic carbocycles. The lowest BCUT2D eigenvalue weighted by atomic mass is 10.2. The number of hydrogen-bond donors (Lipinski definition) is 0. The molecule has 0 amide bonds. The zero-order valence-corrected chi connectivity index (χ0v) is 16.8. The first-order chi connectivity index (χ1) is 12.7. The molecule has 0 unspecified atom stereocenters. The van der Waals surface area contributed by atoms with Crippen LogP contribution in [0.5, 0.6) is 0 Å². The third-order valence-electron chi connectivity index (χ3n) is 3.76. The van der Waals surface area contributed by atoms with Crippen LogP contribution in [0.15, 0.2) is 60.7 Å². The van der Waals surface area contributed by atoms with Crippen LogP contribution in [-0.2, 0) is 13.6 Å². The van der Waals surface area contributed by atoms with E-state index in [4.69, 9.17) is 9.05 Å². The number of carbonyl (C=O) groups excluding carboxylic acids is 2. The van der Waals surface area contributed by atoms with Crippen molar-refractivity contribution in [3.8, 4) is 0 Å². The summed E-state index contributed by atoms with van der Waals surface area (Å²) in [6.07, 6.45) is 0. The van der Waals surface area contributed by atoms with Gasteiger partial charge in [0.2, 0.25) is 0 Å². The molecule has 144 valence electrons. The van der Waals surface area contributed by atoms with Gasteiger partial charge in [-0.25, -0.2) is 14.2 Å². The second kappa shape index (κ2) is 8.98. The van der Waals surface area contributed by atoms with Gasteiger partial charge < -0.3 is 9.05 Å². The maximum atomic E-state index is 13.6. The molecule has 0 N–H and O–H groups in total. The normalized spacial score (nSPS) is 11.7. The Bertz CT molecular complexity index is 755. The van der Waals surface area contributed by atoms with Crippen molar-refractivity contribution in [1.82, 2.24) is 4.67 Å². The van der Waals surface area contributed by atoms with Gasteiger partial charge in [-0.2, -0.15) is 4.67 Å². The van der Waals surface area contributed by atoms with E-state index >= 15 is 0 Å². The summed E-state index contributed by atoms with van der Waals surface area (Å²) in [7, 11) is -4.25. The van der Waals surface area contributed by atoms with E-state index in [2.05, 4.69) is 0 Å². The van der Waals surface area contributed by atoms with E-state index in [9.17, 15) is 14.2 Å². The van der Waals surface area contributed by atoms with Crippen LogP contribution in [-0.4, -0.2) is 28.7 Å². The predicted octanol–water partition coefficient (Wildman–Crippen LogP) is 4.93. The fourth-order valence-electron chi connectivity index (χ4n) is 2.74. The minimum absolute atomic E-state index is 0.223. The average Bonchev–Trinajstić information content (AvgIpc) is 2.62. The van der Waals surface area contributed by atoms with Gasteiger partial charge in [-0.1, -0.05) is 36.4 Å². The Morgan fingerprint density at radius 1 is 0.741 bits per heavy atom. The van der Waals surface area contributed by atoms with E-state index in [-0.39, 0.29) is 23.2 Å². The molecule has 0 spiro atoms. The molecule has 2 aromatic carbocycles. The van der Waals surface area contributed by atoms with E-state index in [0.717, 1.165) is 0 Å². The van der Waals surface area contributed by atoms with Crippen LogP contribution in [0.2, 0.25) is 0 Å². The third-order valence-corrected chi connectivity index (χ3v) is 6.04. The van der Waals surface area contributed by atoms with Crippen LogP contribution < -0.4 is 0 Å². The van der Waals surface area contributed by atoms with Gasteiger partial charge in [-0.3, -0.25) is 0 Å². The summed E-state index contributed by atoms with van der Waals surface area (Å²) in [5.74, 6) is -1.63. The number of hydrogen-bond acceptors (Lipinski definition) is 5. The first-order valence-corrected chi connectivity index (χ1v) is 10.2. The monoisotopic (exact) mass is 389 g/mol. The van der Waals surface area contributed by atoms with Crippen LogP contribution in [0.4, 0.5) is 0 Å². The lowest BCUT2D eigenvalue weighted by Gasteiger charge is -2.34. The molecule has 0 atom stereocenters. The SMILES string of the molecule is CC(C)N(C(C)C)P(=O)(OC(=O)c1ccccc1)OC(=O)c1ccccc1. The Labute approximate surface area is 159 Å². The number of benzene rings is 2. The molecule has 27 heavy (non-hydrogen) atoms. The number of carbonyl (C=O) groups is 2.